The van der Waals surface area contributed by atoms with Crippen LogP contribution < -0.4 is 5.32 Å². The fraction of sp³-hybridized carbons (Fsp3) is 0.829. The monoisotopic (exact) mass is 602 g/mol. The Morgan fingerprint density at radius 3 is 2.37 bits per heavy atom. The Balaban J connectivity index is 1.32. The van der Waals surface area contributed by atoms with Gasteiger partial charge in [0, 0.05) is 6.42 Å². The molecule has 0 unspecified atom stereocenters. The van der Waals surface area contributed by atoms with Gasteiger partial charge in [-0.05, 0) is 91.3 Å². The minimum absolute atomic E-state index is 0.0856. The predicted octanol–water partition coefficient (Wildman–Crippen LogP) is 6.90. The molecule has 3 saturated carbocycles. The van der Waals surface area contributed by atoms with Gasteiger partial charge in [-0.3, -0.25) is 0 Å². The van der Waals surface area contributed by atoms with Gasteiger partial charge in [-0.2, -0.15) is 0 Å². The fourth-order valence-electron chi connectivity index (χ4n) is 10.1. The van der Waals surface area contributed by atoms with E-state index in [0.29, 0.717) is 11.3 Å². The minimum Gasteiger partial charge on any atom is -0.477 e. The number of ether oxygens (including phenoxy) is 1. The number of fused-ring (bicyclic) bond motifs is 5. The van der Waals surface area contributed by atoms with E-state index in [0.717, 1.165) is 55.3 Å². The van der Waals surface area contributed by atoms with Crippen molar-refractivity contribution in [3.8, 4) is 0 Å². The van der Waals surface area contributed by atoms with Gasteiger partial charge in [0.25, 0.3) is 0 Å². The molecule has 4 rings (SSSR count). The molecule has 3 fully saturated rings. The second kappa shape index (κ2) is 13.5. The zero-order valence-electron chi connectivity index (χ0n) is 27.4. The van der Waals surface area contributed by atoms with Gasteiger partial charge in [-0.1, -0.05) is 65.5 Å². The van der Waals surface area contributed by atoms with Gasteiger partial charge in [0.15, 0.2) is 13.1 Å². The molecular weight excluding hydrogens is 544 g/mol. The van der Waals surface area contributed by atoms with E-state index in [9.17, 15) is 14.4 Å². The predicted molar refractivity (Wildman–Crippen MR) is 167 cm³/mol. The third kappa shape index (κ3) is 7.59. The fourth-order valence-corrected chi connectivity index (χ4v) is 10.1. The molecule has 43 heavy (non-hydrogen) atoms. The van der Waals surface area contributed by atoms with Gasteiger partial charge in [0.05, 0.1) is 13.1 Å². The molecule has 0 aromatic rings. The molecule has 8 heteroatoms. The van der Waals surface area contributed by atoms with Crippen molar-refractivity contribution in [2.45, 2.75) is 111 Å². The molecule has 0 radical (unpaired) electrons. The van der Waals surface area contributed by atoms with Gasteiger partial charge in [0.2, 0.25) is 0 Å². The summed E-state index contributed by atoms with van der Waals surface area (Å²) in [4.78, 5) is 35.0. The Morgan fingerprint density at radius 2 is 1.72 bits per heavy atom. The first-order valence-corrected chi connectivity index (χ1v) is 16.9. The zero-order valence-corrected chi connectivity index (χ0v) is 27.4. The number of carbonyl (C=O) groups is 3. The Bertz CT molecular complexity index is 1040. The molecule has 4 aliphatic rings. The molecule has 0 bridgehead atoms. The Hall–Kier alpha value is -2.09. The number of hydrogen-bond donors (Lipinski definition) is 3. The summed E-state index contributed by atoms with van der Waals surface area (Å²) < 4.78 is 5.38. The number of allylic oxidation sites excluding steroid dienone is 1. The van der Waals surface area contributed by atoms with E-state index in [2.05, 4.69) is 53.1 Å². The average Bonchev–Trinajstić information content (AvgIpc) is 3.25. The van der Waals surface area contributed by atoms with Crippen LogP contribution in [0.1, 0.15) is 105 Å². The maximum atomic E-state index is 12.6. The van der Waals surface area contributed by atoms with Crippen LogP contribution in [0.5, 0.6) is 0 Å². The molecule has 1 amide bonds. The lowest BCUT2D eigenvalue weighted by Crippen LogP contribution is -2.52. The molecule has 0 aliphatic heterocycles. The highest BCUT2D eigenvalue weighted by molar-refractivity contribution is 5.70. The van der Waals surface area contributed by atoms with E-state index in [1.54, 1.807) is 0 Å². The third-order valence-electron chi connectivity index (χ3n) is 12.3. The first kappa shape index (κ1) is 33.8. The molecule has 0 aromatic heterocycles. The topological polar surface area (TPSA) is 113 Å². The van der Waals surface area contributed by atoms with Gasteiger partial charge in [0.1, 0.15) is 6.10 Å². The maximum Gasteiger partial charge on any atom is 0.407 e. The summed E-state index contributed by atoms with van der Waals surface area (Å²) in [7, 11) is 3.78. The van der Waals surface area contributed by atoms with E-state index < -0.39 is 35.6 Å². The van der Waals surface area contributed by atoms with E-state index in [1.165, 1.54) is 50.5 Å². The number of rotatable bonds is 13. The first-order chi connectivity index (χ1) is 20.2. The second-order valence-electron chi connectivity index (χ2n) is 15.7. The molecule has 244 valence electrons. The van der Waals surface area contributed by atoms with E-state index >= 15 is 0 Å². The van der Waals surface area contributed by atoms with Crippen molar-refractivity contribution in [1.29, 1.82) is 0 Å². The van der Waals surface area contributed by atoms with Crippen LogP contribution in [-0.2, 0) is 14.3 Å². The molecule has 8 atom stereocenters. The standard InChI is InChI=1S/C35H58N2O6/c1-23(2)8-7-9-24(3)28-12-13-29-27-11-10-25-20-26(14-16-34(25,4)30(27)15-17-35(28,29)5)43-33(42)36-18-19-37(6,21-31(38)39)22-32(40)41/h10,23-24,26-30H,6-9,11-22H2,1-5H3,(H,36,42)(H,38,39)(H,40,41)/t24-,26+,27+,28-,29+,30+,34+,35-/m1/s1. The Morgan fingerprint density at radius 1 is 1.02 bits per heavy atom. The summed E-state index contributed by atoms with van der Waals surface area (Å²) in [5.41, 5.74) is 2.12. The lowest BCUT2D eigenvalue weighted by atomic mass is 9.47. The van der Waals surface area contributed by atoms with Crippen molar-refractivity contribution in [2.24, 2.45) is 46.3 Å². The normalized spacial score (nSPS) is 34.4. The number of alkyl carbamates (subject to hydrolysis) is 1. The van der Waals surface area contributed by atoms with Gasteiger partial charge < -0.3 is 24.7 Å². The summed E-state index contributed by atoms with van der Waals surface area (Å²) in [5.74, 6) is 2.49. The van der Waals surface area contributed by atoms with E-state index in [4.69, 9.17) is 14.9 Å². The Labute approximate surface area is 259 Å². The Kier molecular flexibility index (Phi) is 10.6. The molecular formula is C35H58N2O6. The highest BCUT2D eigenvalue weighted by Crippen LogP contribution is 2.67. The van der Waals surface area contributed by atoms with E-state index in [1.807, 2.05) is 0 Å². The van der Waals surface area contributed by atoms with Crippen molar-refractivity contribution >= 4 is 18.0 Å². The van der Waals surface area contributed by atoms with Crippen LogP contribution >= 0.6 is 0 Å². The number of nitrogens with one attached hydrogen (secondary N) is 1. The summed E-state index contributed by atoms with van der Waals surface area (Å²) >= 11 is 0. The lowest BCUT2D eigenvalue weighted by molar-refractivity contribution is -0.870. The van der Waals surface area contributed by atoms with Crippen LogP contribution in [0.25, 0.3) is 0 Å². The molecule has 3 N–H and O–H groups in total. The largest absolute Gasteiger partial charge is 0.477 e. The van der Waals surface area contributed by atoms with Crippen LogP contribution in [0.4, 0.5) is 4.79 Å². The molecule has 8 nitrogen and oxygen atoms in total. The number of carboxylic acid groups (broad SMARTS) is 2. The van der Waals surface area contributed by atoms with Gasteiger partial charge >= 0.3 is 18.0 Å². The number of carboxylic acids is 2. The highest BCUT2D eigenvalue weighted by Gasteiger charge is 2.59. The smallest absolute Gasteiger partial charge is 0.407 e. The van der Waals surface area contributed by atoms with Crippen LogP contribution in [0.15, 0.2) is 11.6 Å². The summed E-state index contributed by atoms with van der Waals surface area (Å²) in [5, 5.41) is 21.0. The molecule has 0 saturated heterocycles. The van der Waals surface area contributed by atoms with Crippen molar-refractivity contribution < 1.29 is 33.8 Å². The summed E-state index contributed by atoms with van der Waals surface area (Å²) in [6.07, 6.45) is 15.1. The number of aliphatic carboxylic acids is 2. The lowest BCUT2D eigenvalue weighted by Gasteiger charge is -2.58. The number of hydrogen-bond acceptors (Lipinski definition) is 4. The molecule has 0 heterocycles. The van der Waals surface area contributed by atoms with Gasteiger partial charge in [-0.25, -0.2) is 14.4 Å². The summed E-state index contributed by atoms with van der Waals surface area (Å²) in [6.45, 7) is 11.6. The third-order valence-corrected chi connectivity index (χ3v) is 12.3. The summed E-state index contributed by atoms with van der Waals surface area (Å²) in [6, 6.07) is 0. The van der Waals surface area contributed by atoms with Crippen molar-refractivity contribution in [2.75, 3.05) is 26.2 Å². The van der Waals surface area contributed by atoms with Crippen LogP contribution in [0.3, 0.4) is 0 Å². The quantitative estimate of drug-likeness (QED) is 0.120. The average molecular weight is 603 g/mol. The van der Waals surface area contributed by atoms with Crippen LogP contribution in [0.2, 0.25) is 0 Å². The van der Waals surface area contributed by atoms with Gasteiger partial charge in [-0.15, -0.1) is 7.05 Å². The first-order valence-electron chi connectivity index (χ1n) is 16.9. The second-order valence-corrected chi connectivity index (χ2v) is 15.7. The zero-order chi connectivity index (χ0) is 31.6. The van der Waals surface area contributed by atoms with E-state index in [-0.39, 0.29) is 24.6 Å². The van der Waals surface area contributed by atoms with Crippen molar-refractivity contribution in [3.05, 3.63) is 18.7 Å². The number of amides is 1. The maximum absolute atomic E-state index is 12.6. The SMILES string of the molecule is [CH2-][N+](CCNC(=O)O[C@H]1CC[C@@]2(C)C(=CC[C@H]3[C@@H]4CC[C@H]([C@H](C)CCCC(C)C)[C@@]4(C)CC[C@@H]32)C1)(CC(=O)O)CC(=O)O. The number of quaternary nitrogens is 1. The number of carbonyl (C=O) groups excluding carboxylic acids is 1. The van der Waals surface area contributed by atoms with Crippen LogP contribution in [0, 0.1) is 53.4 Å². The minimum atomic E-state index is -1.13. The van der Waals surface area contributed by atoms with Crippen molar-refractivity contribution in [3.63, 3.8) is 0 Å². The molecule has 4 aliphatic carbocycles. The highest BCUT2D eigenvalue weighted by atomic mass is 16.6. The van der Waals surface area contributed by atoms with Crippen molar-refractivity contribution in [1.82, 2.24) is 5.32 Å². The van der Waals surface area contributed by atoms with Crippen LogP contribution in [-0.4, -0.2) is 65.0 Å². The molecule has 0 spiro atoms. The number of nitrogens with zero attached hydrogens (tertiary/aromatic N) is 1. The molecule has 0 aromatic carbocycles.